The van der Waals surface area contributed by atoms with Gasteiger partial charge in [-0.1, -0.05) is 6.42 Å². The molecule has 0 aliphatic carbocycles. The molecular weight excluding hydrogens is 148 g/mol. The standard InChI is InChI=1S/C10H13N2/c1-2-6-12-10(3-1)9-4-7-11-8-5-9/h4-5,7-8,10H,1-3,6H2. The van der Waals surface area contributed by atoms with E-state index >= 15 is 0 Å². The number of hydrogen-bond acceptors (Lipinski definition) is 1. The molecular formula is C10H13N2. The first-order valence-corrected chi connectivity index (χ1v) is 4.53. The molecule has 0 spiro atoms. The molecule has 2 heteroatoms. The summed E-state index contributed by atoms with van der Waals surface area (Å²) < 4.78 is 0. The van der Waals surface area contributed by atoms with Crippen LogP contribution in [0.1, 0.15) is 30.9 Å². The Kier molecular flexibility index (Phi) is 2.37. The third kappa shape index (κ3) is 1.64. The van der Waals surface area contributed by atoms with E-state index in [1.807, 2.05) is 12.4 Å². The predicted octanol–water partition coefficient (Wildman–Crippen LogP) is 1.91. The van der Waals surface area contributed by atoms with Gasteiger partial charge in [0.05, 0.1) is 0 Å². The highest BCUT2D eigenvalue weighted by Gasteiger charge is 2.14. The van der Waals surface area contributed by atoms with Gasteiger partial charge < -0.3 is 0 Å². The fourth-order valence-electron chi connectivity index (χ4n) is 1.65. The van der Waals surface area contributed by atoms with E-state index in [0.717, 1.165) is 6.54 Å². The molecule has 1 aliphatic heterocycles. The van der Waals surface area contributed by atoms with E-state index in [1.54, 1.807) is 0 Å². The number of hydrogen-bond donors (Lipinski definition) is 0. The summed E-state index contributed by atoms with van der Waals surface area (Å²) in [6.07, 6.45) is 7.49. The van der Waals surface area contributed by atoms with Crippen LogP contribution in [0.5, 0.6) is 0 Å². The molecule has 0 N–H and O–H groups in total. The van der Waals surface area contributed by atoms with E-state index in [0.29, 0.717) is 6.04 Å². The van der Waals surface area contributed by atoms with Gasteiger partial charge in [0.1, 0.15) is 0 Å². The normalized spacial score (nSPS) is 23.8. The predicted molar refractivity (Wildman–Crippen MR) is 47.8 cm³/mol. The second-order valence-corrected chi connectivity index (χ2v) is 3.20. The summed E-state index contributed by atoms with van der Waals surface area (Å²) in [5, 5.41) is 4.57. The van der Waals surface area contributed by atoms with Crippen LogP contribution in [0.4, 0.5) is 0 Å². The van der Waals surface area contributed by atoms with Gasteiger partial charge in [0.2, 0.25) is 0 Å². The molecule has 1 saturated heterocycles. The van der Waals surface area contributed by atoms with Crippen molar-refractivity contribution in [2.24, 2.45) is 0 Å². The Morgan fingerprint density at radius 1 is 1.17 bits per heavy atom. The highest BCUT2D eigenvalue weighted by atomic mass is 14.9. The number of piperidine rings is 1. The summed E-state index contributed by atoms with van der Waals surface area (Å²) in [6, 6.07) is 4.58. The second kappa shape index (κ2) is 3.68. The lowest BCUT2D eigenvalue weighted by Gasteiger charge is -2.21. The fourth-order valence-corrected chi connectivity index (χ4v) is 1.65. The smallest absolute Gasteiger partial charge is 0.0496 e. The Labute approximate surface area is 73.0 Å². The minimum atomic E-state index is 0.446. The Hall–Kier alpha value is -0.890. The Morgan fingerprint density at radius 2 is 2.00 bits per heavy atom. The second-order valence-electron chi connectivity index (χ2n) is 3.20. The zero-order valence-electron chi connectivity index (χ0n) is 7.11. The largest absolute Gasteiger partial charge is 0.265 e. The molecule has 0 bridgehead atoms. The van der Waals surface area contributed by atoms with Crippen LogP contribution in [0.2, 0.25) is 0 Å². The molecule has 1 radical (unpaired) electrons. The zero-order valence-corrected chi connectivity index (χ0v) is 7.11. The molecule has 63 valence electrons. The average Bonchev–Trinajstić information content (AvgIpc) is 2.21. The van der Waals surface area contributed by atoms with E-state index in [-0.39, 0.29) is 0 Å². The summed E-state index contributed by atoms with van der Waals surface area (Å²) in [5.74, 6) is 0. The van der Waals surface area contributed by atoms with Gasteiger partial charge in [0.25, 0.3) is 0 Å². The van der Waals surface area contributed by atoms with Crippen LogP contribution >= 0.6 is 0 Å². The summed E-state index contributed by atoms with van der Waals surface area (Å²) in [5.41, 5.74) is 1.32. The van der Waals surface area contributed by atoms with Crippen molar-refractivity contribution in [1.82, 2.24) is 10.3 Å². The van der Waals surface area contributed by atoms with Gasteiger partial charge in [0, 0.05) is 25.0 Å². The van der Waals surface area contributed by atoms with Crippen molar-refractivity contribution < 1.29 is 0 Å². The maximum absolute atomic E-state index is 4.57. The van der Waals surface area contributed by atoms with Gasteiger partial charge >= 0.3 is 0 Å². The van der Waals surface area contributed by atoms with Crippen molar-refractivity contribution in [2.75, 3.05) is 6.54 Å². The van der Waals surface area contributed by atoms with E-state index < -0.39 is 0 Å². The quantitative estimate of drug-likeness (QED) is 0.618. The molecule has 2 nitrogen and oxygen atoms in total. The third-order valence-corrected chi connectivity index (χ3v) is 2.33. The highest BCUT2D eigenvalue weighted by Crippen LogP contribution is 2.23. The monoisotopic (exact) mass is 161 g/mol. The zero-order chi connectivity index (χ0) is 8.23. The van der Waals surface area contributed by atoms with Gasteiger partial charge in [0.15, 0.2) is 0 Å². The molecule has 0 amide bonds. The maximum Gasteiger partial charge on any atom is 0.0496 e. The average molecular weight is 161 g/mol. The van der Waals surface area contributed by atoms with Crippen LogP contribution in [0, 0.1) is 0 Å². The molecule has 2 rings (SSSR count). The van der Waals surface area contributed by atoms with Crippen LogP contribution in [0.25, 0.3) is 0 Å². The summed E-state index contributed by atoms with van der Waals surface area (Å²) >= 11 is 0. The molecule has 1 aromatic heterocycles. The first kappa shape index (κ1) is 7.74. The van der Waals surface area contributed by atoms with Crippen molar-refractivity contribution in [2.45, 2.75) is 25.3 Å². The van der Waals surface area contributed by atoms with Gasteiger partial charge in [-0.25, -0.2) is 5.32 Å². The molecule has 1 aromatic rings. The lowest BCUT2D eigenvalue weighted by molar-refractivity contribution is 0.403. The van der Waals surface area contributed by atoms with Crippen molar-refractivity contribution in [3.8, 4) is 0 Å². The van der Waals surface area contributed by atoms with E-state index in [9.17, 15) is 0 Å². The topological polar surface area (TPSA) is 27.0 Å². The first-order chi connectivity index (χ1) is 5.97. The van der Waals surface area contributed by atoms with Crippen LogP contribution in [-0.4, -0.2) is 11.5 Å². The summed E-state index contributed by atoms with van der Waals surface area (Å²) in [7, 11) is 0. The van der Waals surface area contributed by atoms with Crippen molar-refractivity contribution in [3.05, 3.63) is 30.1 Å². The van der Waals surface area contributed by atoms with Crippen molar-refractivity contribution in [3.63, 3.8) is 0 Å². The molecule has 1 fully saturated rings. The summed E-state index contributed by atoms with van der Waals surface area (Å²) in [4.78, 5) is 4.00. The SMILES string of the molecule is c1cc(C2CCCC[N]2)ccn1. The number of nitrogens with zero attached hydrogens (tertiary/aromatic N) is 2. The minimum absolute atomic E-state index is 0.446. The van der Waals surface area contributed by atoms with Crippen molar-refractivity contribution >= 4 is 0 Å². The van der Waals surface area contributed by atoms with Gasteiger partial charge in [-0.2, -0.15) is 0 Å². The van der Waals surface area contributed by atoms with Gasteiger partial charge in [-0.15, -0.1) is 0 Å². The Morgan fingerprint density at radius 3 is 2.67 bits per heavy atom. The van der Waals surface area contributed by atoms with Gasteiger partial charge in [-0.3, -0.25) is 4.98 Å². The van der Waals surface area contributed by atoms with Crippen LogP contribution < -0.4 is 5.32 Å². The molecule has 0 aromatic carbocycles. The highest BCUT2D eigenvalue weighted by molar-refractivity contribution is 5.15. The first-order valence-electron chi connectivity index (χ1n) is 4.53. The van der Waals surface area contributed by atoms with Gasteiger partial charge in [-0.05, 0) is 30.5 Å². The Balaban J connectivity index is 2.08. The molecule has 2 heterocycles. The third-order valence-electron chi connectivity index (χ3n) is 2.33. The van der Waals surface area contributed by atoms with E-state index in [1.165, 1.54) is 24.8 Å². The van der Waals surface area contributed by atoms with E-state index in [4.69, 9.17) is 0 Å². The van der Waals surface area contributed by atoms with Crippen LogP contribution in [-0.2, 0) is 0 Å². The molecule has 0 saturated carbocycles. The molecule has 1 atom stereocenters. The van der Waals surface area contributed by atoms with Crippen molar-refractivity contribution in [1.29, 1.82) is 0 Å². The van der Waals surface area contributed by atoms with E-state index in [2.05, 4.69) is 22.4 Å². The number of aromatic nitrogens is 1. The fraction of sp³-hybridized carbons (Fsp3) is 0.500. The maximum atomic E-state index is 4.57. The molecule has 1 unspecified atom stereocenters. The lowest BCUT2D eigenvalue weighted by atomic mass is 9.99. The Bertz CT molecular complexity index is 227. The summed E-state index contributed by atoms with van der Waals surface area (Å²) in [6.45, 7) is 1.03. The molecule has 12 heavy (non-hydrogen) atoms. The molecule has 1 aliphatic rings. The number of pyridine rings is 1. The van der Waals surface area contributed by atoms with Crippen LogP contribution in [0.3, 0.4) is 0 Å². The van der Waals surface area contributed by atoms with Crippen LogP contribution in [0.15, 0.2) is 24.5 Å². The lowest BCUT2D eigenvalue weighted by Crippen LogP contribution is -2.20. The minimum Gasteiger partial charge on any atom is -0.265 e. The number of rotatable bonds is 1.